The maximum atomic E-state index is 6.16. The van der Waals surface area contributed by atoms with Gasteiger partial charge in [0.25, 0.3) is 0 Å². The number of nitrogen functional groups attached to an aromatic ring is 1. The first-order valence-electron chi connectivity index (χ1n) is 7.08. The molecule has 0 aliphatic heterocycles. The topological polar surface area (TPSA) is 29.3 Å². The molecule has 3 heteroatoms. The highest BCUT2D eigenvalue weighted by atomic mass is 35.5. The zero-order chi connectivity index (χ0) is 14.2. The molecule has 0 unspecified atom stereocenters. The average molecular weight is 281 g/mol. The Balaban J connectivity index is 2.16. The predicted molar refractivity (Wildman–Crippen MR) is 85.0 cm³/mol. The summed E-state index contributed by atoms with van der Waals surface area (Å²) in [4.78, 5) is 2.38. The summed E-state index contributed by atoms with van der Waals surface area (Å²) in [5.41, 5.74) is 9.44. The molecule has 1 aliphatic carbocycles. The summed E-state index contributed by atoms with van der Waals surface area (Å²) in [6.45, 7) is 6.84. The number of nitrogens with zero attached hydrogens (tertiary/aromatic N) is 1. The normalized spacial score (nSPS) is 19.4. The van der Waals surface area contributed by atoms with Crippen molar-refractivity contribution in [1.29, 1.82) is 0 Å². The summed E-state index contributed by atoms with van der Waals surface area (Å²) in [5.74, 6) is 0. The van der Waals surface area contributed by atoms with E-state index >= 15 is 0 Å². The van der Waals surface area contributed by atoms with Gasteiger partial charge < -0.3 is 10.6 Å². The number of hydrogen-bond acceptors (Lipinski definition) is 2. The fraction of sp³-hybridized carbons (Fsp3) is 0.625. The van der Waals surface area contributed by atoms with Crippen LogP contribution in [0.4, 0.5) is 11.4 Å². The zero-order valence-corrected chi connectivity index (χ0v) is 13.2. The maximum Gasteiger partial charge on any atom is 0.0656 e. The lowest BCUT2D eigenvalue weighted by Crippen LogP contribution is -2.37. The van der Waals surface area contributed by atoms with E-state index in [0.29, 0.717) is 22.2 Å². The minimum atomic E-state index is 0.505. The summed E-state index contributed by atoms with van der Waals surface area (Å²) in [6.07, 6.45) is 5.10. The Morgan fingerprint density at radius 2 is 1.84 bits per heavy atom. The van der Waals surface area contributed by atoms with Gasteiger partial charge in [-0.25, -0.2) is 0 Å². The zero-order valence-electron chi connectivity index (χ0n) is 12.5. The second-order valence-electron chi connectivity index (χ2n) is 6.67. The summed E-state index contributed by atoms with van der Waals surface area (Å²) >= 11 is 6.16. The minimum absolute atomic E-state index is 0.505. The van der Waals surface area contributed by atoms with Crippen LogP contribution in [0.25, 0.3) is 0 Å². The van der Waals surface area contributed by atoms with Crippen molar-refractivity contribution in [3.63, 3.8) is 0 Å². The van der Waals surface area contributed by atoms with Crippen LogP contribution in [-0.2, 0) is 0 Å². The third-order valence-corrected chi connectivity index (χ3v) is 4.88. The van der Waals surface area contributed by atoms with E-state index < -0.39 is 0 Å². The molecule has 0 spiro atoms. The summed E-state index contributed by atoms with van der Waals surface area (Å²) in [5, 5.41) is 0.656. The first-order valence-corrected chi connectivity index (χ1v) is 7.46. The molecule has 0 aromatic heterocycles. The van der Waals surface area contributed by atoms with E-state index in [0.717, 1.165) is 0 Å². The Kier molecular flexibility index (Phi) is 4.00. The van der Waals surface area contributed by atoms with Crippen LogP contribution in [0.1, 0.15) is 45.1 Å². The van der Waals surface area contributed by atoms with Crippen molar-refractivity contribution in [1.82, 2.24) is 0 Å². The first kappa shape index (κ1) is 14.5. The quantitative estimate of drug-likeness (QED) is 0.800. The molecular weight excluding hydrogens is 256 g/mol. The van der Waals surface area contributed by atoms with Crippen LogP contribution < -0.4 is 10.6 Å². The lowest BCUT2D eigenvalue weighted by molar-refractivity contribution is 0.222. The van der Waals surface area contributed by atoms with Gasteiger partial charge in [-0.05, 0) is 55.7 Å². The van der Waals surface area contributed by atoms with Gasteiger partial charge in [0.1, 0.15) is 0 Å². The Hall–Kier alpha value is -0.890. The van der Waals surface area contributed by atoms with E-state index in [1.165, 1.54) is 36.9 Å². The predicted octanol–water partition coefficient (Wildman–Crippen LogP) is 4.64. The van der Waals surface area contributed by atoms with E-state index in [2.05, 4.69) is 32.7 Å². The van der Waals surface area contributed by atoms with Crippen molar-refractivity contribution in [3.8, 4) is 0 Å². The highest BCUT2D eigenvalue weighted by Gasteiger charge is 2.29. The van der Waals surface area contributed by atoms with Crippen molar-refractivity contribution in [3.05, 3.63) is 22.7 Å². The van der Waals surface area contributed by atoms with E-state index in [-0.39, 0.29) is 0 Å². The molecule has 1 saturated carbocycles. The van der Waals surface area contributed by atoms with Gasteiger partial charge in [0, 0.05) is 18.8 Å². The molecule has 1 aromatic rings. The monoisotopic (exact) mass is 280 g/mol. The molecule has 1 fully saturated rings. The maximum absolute atomic E-state index is 6.16. The molecule has 0 atom stereocenters. The second-order valence-corrected chi connectivity index (χ2v) is 7.07. The highest BCUT2D eigenvalue weighted by Crippen LogP contribution is 2.39. The van der Waals surface area contributed by atoms with Crippen LogP contribution in [0, 0.1) is 12.3 Å². The molecule has 2 nitrogen and oxygen atoms in total. The van der Waals surface area contributed by atoms with Crippen LogP contribution >= 0.6 is 11.6 Å². The van der Waals surface area contributed by atoms with E-state index in [9.17, 15) is 0 Å². The number of nitrogens with two attached hydrogens (primary N) is 1. The molecule has 19 heavy (non-hydrogen) atoms. The molecule has 2 N–H and O–H groups in total. The molecule has 1 aromatic carbocycles. The van der Waals surface area contributed by atoms with Gasteiger partial charge in [0.05, 0.1) is 10.7 Å². The number of benzene rings is 1. The standard InChI is InChI=1S/C16H25ClN2/c1-11-9-14(18)13(17)10-15(11)19(4)12-5-7-16(2,3)8-6-12/h9-10,12H,5-8,18H2,1-4H3. The third-order valence-electron chi connectivity index (χ3n) is 4.55. The lowest BCUT2D eigenvalue weighted by Gasteiger charge is -2.40. The van der Waals surface area contributed by atoms with Crippen molar-refractivity contribution in [2.75, 3.05) is 17.7 Å². The van der Waals surface area contributed by atoms with Gasteiger partial charge in [-0.1, -0.05) is 25.4 Å². The average Bonchev–Trinajstić information content (AvgIpc) is 2.33. The van der Waals surface area contributed by atoms with E-state index in [1.54, 1.807) is 0 Å². The fourth-order valence-corrected chi connectivity index (χ4v) is 3.20. The van der Waals surface area contributed by atoms with Crippen LogP contribution in [0.3, 0.4) is 0 Å². The number of anilines is 2. The van der Waals surface area contributed by atoms with Gasteiger partial charge >= 0.3 is 0 Å². The van der Waals surface area contributed by atoms with Gasteiger partial charge in [0.2, 0.25) is 0 Å². The van der Waals surface area contributed by atoms with E-state index in [4.69, 9.17) is 17.3 Å². The Labute approximate surface area is 121 Å². The van der Waals surface area contributed by atoms with Crippen molar-refractivity contribution >= 4 is 23.0 Å². The fourth-order valence-electron chi connectivity index (χ4n) is 3.04. The Morgan fingerprint density at radius 3 is 2.42 bits per heavy atom. The Morgan fingerprint density at radius 1 is 1.26 bits per heavy atom. The Bertz CT molecular complexity index is 458. The molecular formula is C16H25ClN2. The SMILES string of the molecule is Cc1cc(N)c(Cl)cc1N(C)C1CCC(C)(C)CC1. The molecule has 106 valence electrons. The third kappa shape index (κ3) is 3.17. The number of aryl methyl sites for hydroxylation is 1. The van der Waals surface area contributed by atoms with Crippen molar-refractivity contribution in [2.45, 2.75) is 52.5 Å². The number of hydrogen-bond donors (Lipinski definition) is 1. The van der Waals surface area contributed by atoms with Crippen LogP contribution in [0.2, 0.25) is 5.02 Å². The molecule has 0 radical (unpaired) electrons. The molecule has 1 aliphatic rings. The van der Waals surface area contributed by atoms with Gasteiger partial charge in [-0.2, -0.15) is 0 Å². The van der Waals surface area contributed by atoms with Gasteiger partial charge in [-0.3, -0.25) is 0 Å². The highest BCUT2D eigenvalue weighted by molar-refractivity contribution is 6.33. The smallest absolute Gasteiger partial charge is 0.0656 e. The summed E-state index contributed by atoms with van der Waals surface area (Å²) in [7, 11) is 2.18. The minimum Gasteiger partial charge on any atom is -0.398 e. The number of rotatable bonds is 2. The summed E-state index contributed by atoms with van der Waals surface area (Å²) < 4.78 is 0. The van der Waals surface area contributed by atoms with Gasteiger partial charge in [0.15, 0.2) is 0 Å². The van der Waals surface area contributed by atoms with Crippen molar-refractivity contribution < 1.29 is 0 Å². The molecule has 2 rings (SSSR count). The van der Waals surface area contributed by atoms with Crippen LogP contribution in [-0.4, -0.2) is 13.1 Å². The summed E-state index contributed by atoms with van der Waals surface area (Å²) in [6, 6.07) is 4.60. The van der Waals surface area contributed by atoms with Crippen LogP contribution in [0.5, 0.6) is 0 Å². The number of halogens is 1. The lowest BCUT2D eigenvalue weighted by atomic mass is 9.75. The molecule has 0 bridgehead atoms. The van der Waals surface area contributed by atoms with Gasteiger partial charge in [-0.15, -0.1) is 0 Å². The second kappa shape index (κ2) is 5.24. The van der Waals surface area contributed by atoms with E-state index in [1.807, 2.05) is 12.1 Å². The molecule has 0 amide bonds. The van der Waals surface area contributed by atoms with Crippen LogP contribution in [0.15, 0.2) is 12.1 Å². The van der Waals surface area contributed by atoms with Crippen molar-refractivity contribution in [2.24, 2.45) is 5.41 Å². The molecule has 0 heterocycles. The first-order chi connectivity index (χ1) is 8.80. The largest absolute Gasteiger partial charge is 0.398 e. The molecule has 0 saturated heterocycles.